The number of pyridine rings is 1. The van der Waals surface area contributed by atoms with Gasteiger partial charge in [-0.2, -0.15) is 0 Å². The van der Waals surface area contributed by atoms with E-state index >= 15 is 0 Å². The SMILES string of the molecule is COC(=O)c1ccncc1CC[C@@H]1CCCc2cc(N(C)c3ccc4ccoc4c3)ccc21. The van der Waals surface area contributed by atoms with Gasteiger partial charge in [-0.1, -0.05) is 6.07 Å². The maximum atomic E-state index is 12.1. The number of aryl methyl sites for hydroxylation is 2. The van der Waals surface area contributed by atoms with Crippen LogP contribution in [-0.4, -0.2) is 25.1 Å². The average Bonchev–Trinajstić information content (AvgIpc) is 3.34. The Bertz CT molecular complexity index is 1290. The average molecular weight is 441 g/mol. The van der Waals surface area contributed by atoms with Crippen molar-refractivity contribution < 1.29 is 13.9 Å². The maximum Gasteiger partial charge on any atom is 0.338 e. The van der Waals surface area contributed by atoms with Crippen molar-refractivity contribution in [2.45, 2.75) is 38.0 Å². The van der Waals surface area contributed by atoms with Crippen LogP contribution in [0, 0.1) is 0 Å². The summed E-state index contributed by atoms with van der Waals surface area (Å²) in [4.78, 5) is 18.5. The molecule has 33 heavy (non-hydrogen) atoms. The van der Waals surface area contributed by atoms with E-state index in [2.05, 4.69) is 53.3 Å². The number of nitrogens with zero attached hydrogens (tertiary/aromatic N) is 2. The molecule has 0 N–H and O–H groups in total. The van der Waals surface area contributed by atoms with Gasteiger partial charge in [0.1, 0.15) is 5.58 Å². The molecular formula is C28H28N2O3. The smallest absolute Gasteiger partial charge is 0.338 e. The quantitative estimate of drug-likeness (QED) is 0.323. The second-order valence-electron chi connectivity index (χ2n) is 8.74. The minimum Gasteiger partial charge on any atom is -0.465 e. The molecule has 0 radical (unpaired) electrons. The fourth-order valence-electron chi connectivity index (χ4n) is 4.98. The summed E-state index contributed by atoms with van der Waals surface area (Å²) in [5.74, 6) is 0.190. The predicted octanol–water partition coefficient (Wildman–Crippen LogP) is 6.44. The Morgan fingerprint density at radius 3 is 2.88 bits per heavy atom. The van der Waals surface area contributed by atoms with Crippen LogP contribution in [0.1, 0.15) is 52.2 Å². The molecule has 2 aromatic carbocycles. The van der Waals surface area contributed by atoms with E-state index in [4.69, 9.17) is 9.15 Å². The molecule has 0 unspecified atom stereocenters. The lowest BCUT2D eigenvalue weighted by Crippen LogP contribution is -2.14. The van der Waals surface area contributed by atoms with Crippen molar-refractivity contribution in [2.75, 3.05) is 19.1 Å². The number of fused-ring (bicyclic) bond motifs is 2. The summed E-state index contributed by atoms with van der Waals surface area (Å²) >= 11 is 0. The van der Waals surface area contributed by atoms with Gasteiger partial charge in [0.25, 0.3) is 0 Å². The molecule has 5 heteroatoms. The lowest BCUT2D eigenvalue weighted by Gasteiger charge is -2.28. The van der Waals surface area contributed by atoms with Crippen LogP contribution >= 0.6 is 0 Å². The molecule has 0 aliphatic heterocycles. The van der Waals surface area contributed by atoms with Crippen molar-refractivity contribution in [1.29, 1.82) is 0 Å². The summed E-state index contributed by atoms with van der Waals surface area (Å²) in [6.45, 7) is 0. The molecule has 0 saturated carbocycles. The van der Waals surface area contributed by atoms with E-state index in [-0.39, 0.29) is 5.97 Å². The molecule has 1 atom stereocenters. The Labute approximate surface area is 194 Å². The first-order valence-electron chi connectivity index (χ1n) is 11.5. The van der Waals surface area contributed by atoms with Gasteiger partial charge in [-0.25, -0.2) is 4.79 Å². The van der Waals surface area contributed by atoms with Gasteiger partial charge in [0, 0.05) is 42.3 Å². The number of methoxy groups -OCH3 is 1. The van der Waals surface area contributed by atoms with Crippen LogP contribution in [0.25, 0.3) is 11.0 Å². The van der Waals surface area contributed by atoms with Gasteiger partial charge in [0.2, 0.25) is 0 Å². The van der Waals surface area contributed by atoms with Crippen LogP contribution in [0.5, 0.6) is 0 Å². The topological polar surface area (TPSA) is 55.6 Å². The van der Waals surface area contributed by atoms with Crippen molar-refractivity contribution in [3.63, 3.8) is 0 Å². The Kier molecular flexibility index (Phi) is 5.86. The molecule has 2 aromatic heterocycles. The Morgan fingerprint density at radius 2 is 2.00 bits per heavy atom. The fraction of sp³-hybridized carbons (Fsp3) is 0.286. The number of furan rings is 1. The van der Waals surface area contributed by atoms with Crippen LogP contribution < -0.4 is 4.90 Å². The normalized spacial score (nSPS) is 15.3. The third-order valence-corrected chi connectivity index (χ3v) is 6.85. The molecule has 1 aliphatic carbocycles. The summed E-state index contributed by atoms with van der Waals surface area (Å²) < 4.78 is 10.5. The van der Waals surface area contributed by atoms with Crippen LogP contribution in [0.15, 0.2) is 71.6 Å². The fourth-order valence-corrected chi connectivity index (χ4v) is 4.98. The molecule has 0 amide bonds. The third-order valence-electron chi connectivity index (χ3n) is 6.85. The molecule has 2 heterocycles. The number of rotatable bonds is 6. The van der Waals surface area contributed by atoms with E-state index in [1.807, 2.05) is 6.07 Å². The number of benzene rings is 2. The molecule has 0 spiro atoms. The van der Waals surface area contributed by atoms with Crippen molar-refractivity contribution in [3.8, 4) is 0 Å². The van der Waals surface area contributed by atoms with E-state index in [9.17, 15) is 4.79 Å². The Hall–Kier alpha value is -3.60. The highest BCUT2D eigenvalue weighted by Crippen LogP contribution is 2.38. The zero-order chi connectivity index (χ0) is 22.8. The highest BCUT2D eigenvalue weighted by molar-refractivity contribution is 5.90. The molecule has 5 rings (SSSR count). The van der Waals surface area contributed by atoms with Gasteiger partial charge < -0.3 is 14.1 Å². The van der Waals surface area contributed by atoms with Crippen LogP contribution in [-0.2, 0) is 17.6 Å². The molecule has 1 aliphatic rings. The minimum atomic E-state index is -0.295. The molecule has 4 aromatic rings. The van der Waals surface area contributed by atoms with Gasteiger partial charge in [-0.15, -0.1) is 0 Å². The first-order chi connectivity index (χ1) is 16.1. The standard InChI is InChI=1S/C28H28N2O3/c1-30(24-9-8-20-13-15-33-27(20)17-24)23-10-11-25-19(4-3-5-21(25)16-23)6-7-22-18-29-14-12-26(22)28(31)32-2/h8-19H,3-7H2,1-2H3/t19-/m0/s1. The summed E-state index contributed by atoms with van der Waals surface area (Å²) in [5, 5.41) is 1.12. The van der Waals surface area contributed by atoms with Crippen LogP contribution in [0.3, 0.4) is 0 Å². The Morgan fingerprint density at radius 1 is 1.15 bits per heavy atom. The van der Waals surface area contributed by atoms with E-state index in [1.54, 1.807) is 24.7 Å². The number of hydrogen-bond acceptors (Lipinski definition) is 5. The molecular weight excluding hydrogens is 412 g/mol. The molecule has 0 fully saturated rings. The predicted molar refractivity (Wildman–Crippen MR) is 130 cm³/mol. The highest BCUT2D eigenvalue weighted by Gasteiger charge is 2.22. The monoisotopic (exact) mass is 440 g/mol. The minimum absolute atomic E-state index is 0.295. The van der Waals surface area contributed by atoms with E-state index in [1.165, 1.54) is 36.8 Å². The van der Waals surface area contributed by atoms with Crippen LogP contribution in [0.2, 0.25) is 0 Å². The Balaban J connectivity index is 1.35. The van der Waals surface area contributed by atoms with E-state index < -0.39 is 0 Å². The number of aromatic nitrogens is 1. The third kappa shape index (κ3) is 4.23. The van der Waals surface area contributed by atoms with Gasteiger partial charge in [0.15, 0.2) is 0 Å². The number of hydrogen-bond donors (Lipinski definition) is 0. The number of carbonyl (C=O) groups is 1. The first-order valence-corrected chi connectivity index (χ1v) is 11.5. The second-order valence-corrected chi connectivity index (χ2v) is 8.74. The largest absolute Gasteiger partial charge is 0.465 e. The first kappa shape index (κ1) is 21.3. The second kappa shape index (κ2) is 9.10. The maximum absolute atomic E-state index is 12.1. The van der Waals surface area contributed by atoms with Crippen LogP contribution in [0.4, 0.5) is 11.4 Å². The molecule has 168 valence electrons. The summed E-state index contributed by atoms with van der Waals surface area (Å²) in [6.07, 6.45) is 10.4. The van der Waals surface area contributed by atoms with Crippen molar-refractivity contribution in [2.24, 2.45) is 0 Å². The van der Waals surface area contributed by atoms with Gasteiger partial charge in [-0.3, -0.25) is 4.98 Å². The summed E-state index contributed by atoms with van der Waals surface area (Å²) in [7, 11) is 3.52. The molecule has 0 bridgehead atoms. The number of ether oxygens (including phenoxy) is 1. The van der Waals surface area contributed by atoms with Crippen molar-refractivity contribution >= 4 is 28.3 Å². The summed E-state index contributed by atoms with van der Waals surface area (Å²) in [5.41, 5.74) is 7.63. The zero-order valence-electron chi connectivity index (χ0n) is 19.1. The van der Waals surface area contributed by atoms with E-state index in [0.29, 0.717) is 11.5 Å². The van der Waals surface area contributed by atoms with E-state index in [0.717, 1.165) is 41.5 Å². The van der Waals surface area contributed by atoms with Crippen molar-refractivity contribution in [3.05, 3.63) is 89.4 Å². The van der Waals surface area contributed by atoms with Crippen molar-refractivity contribution in [1.82, 2.24) is 4.98 Å². The molecule has 5 nitrogen and oxygen atoms in total. The highest BCUT2D eigenvalue weighted by atomic mass is 16.5. The molecule has 0 saturated heterocycles. The lowest BCUT2D eigenvalue weighted by molar-refractivity contribution is 0.0599. The summed E-state index contributed by atoms with van der Waals surface area (Å²) in [6, 6.07) is 16.9. The zero-order valence-corrected chi connectivity index (χ0v) is 19.1. The lowest BCUT2D eigenvalue weighted by atomic mass is 9.79. The van der Waals surface area contributed by atoms with Gasteiger partial charge in [-0.05, 0) is 91.1 Å². The van der Waals surface area contributed by atoms with Gasteiger partial charge in [0.05, 0.1) is 18.9 Å². The number of anilines is 2. The number of esters is 1. The van der Waals surface area contributed by atoms with Gasteiger partial charge >= 0.3 is 5.97 Å². The number of carbonyl (C=O) groups excluding carboxylic acids is 1.